The Morgan fingerprint density at radius 2 is 1.75 bits per heavy atom. The van der Waals surface area contributed by atoms with Crippen molar-refractivity contribution in [3.63, 3.8) is 0 Å². The summed E-state index contributed by atoms with van der Waals surface area (Å²) in [5.74, 6) is 5.71. The summed E-state index contributed by atoms with van der Waals surface area (Å²) in [7, 11) is 1.75. The monoisotopic (exact) mass is 773 g/mol. The Kier molecular flexibility index (Phi) is 12.3. The molecule has 2 amide bonds. The average molecular weight is 774 g/mol. The molecular weight excluding hydrogens is 723 g/mol. The number of aromatic nitrogens is 3. The van der Waals surface area contributed by atoms with Crippen molar-refractivity contribution in [1.82, 2.24) is 24.3 Å². The number of phenolic OH excluding ortho intramolecular Hbond substituents is 1. The van der Waals surface area contributed by atoms with Crippen molar-refractivity contribution in [2.45, 2.75) is 95.3 Å². The summed E-state index contributed by atoms with van der Waals surface area (Å²) in [6.07, 6.45) is 14.6. The topological polar surface area (TPSA) is 181 Å². The van der Waals surface area contributed by atoms with E-state index in [0.717, 1.165) is 105 Å². The van der Waals surface area contributed by atoms with E-state index < -0.39 is 11.9 Å². The molecule has 0 aliphatic carbocycles. The third kappa shape index (κ3) is 8.84. The highest BCUT2D eigenvalue weighted by molar-refractivity contribution is 6.30. The van der Waals surface area contributed by atoms with Crippen LogP contribution in [-0.4, -0.2) is 78.8 Å². The number of ketones is 1. The minimum absolute atomic E-state index is 0.00862. The van der Waals surface area contributed by atoms with E-state index in [0.29, 0.717) is 30.6 Å². The zero-order valence-corrected chi connectivity index (χ0v) is 32.4. The van der Waals surface area contributed by atoms with Gasteiger partial charge in [-0.2, -0.15) is 5.10 Å². The summed E-state index contributed by atoms with van der Waals surface area (Å²) < 4.78 is 3.17. The highest BCUT2D eigenvalue weighted by Gasteiger charge is 2.42. The zero-order chi connectivity index (χ0) is 39.9. The van der Waals surface area contributed by atoms with Gasteiger partial charge in [0.05, 0.1) is 34.5 Å². The number of hydrogen-bond donors (Lipinski definition) is 3. The number of imide groups is 1. The summed E-state index contributed by atoms with van der Waals surface area (Å²) in [5, 5.41) is 16.3. The van der Waals surface area contributed by atoms with Gasteiger partial charge in [-0.3, -0.25) is 33.8 Å². The van der Waals surface area contributed by atoms with Gasteiger partial charge in [0.2, 0.25) is 11.8 Å². The maximum absolute atomic E-state index is 13.2. The molecule has 1 unspecified atom stereocenters. The maximum atomic E-state index is 13.2. The van der Waals surface area contributed by atoms with Gasteiger partial charge in [0.15, 0.2) is 5.78 Å². The molecule has 4 aromatic rings. The molecule has 3 atom stereocenters. The number of fused-ring (bicyclic) bond motifs is 3. The SMILES string of the molecule is Cn1c(=O)n(C2CCC(=O)NC2=O)c2cccc(CCCCCCCC/C(C=NCc3cccc(N4C[C@H]5C[C@@H]4CN5/C=C/C(=O)c4ccccc4O)n3)=N/N)c21. The van der Waals surface area contributed by atoms with E-state index in [4.69, 9.17) is 10.8 Å². The highest BCUT2D eigenvalue weighted by Crippen LogP contribution is 2.34. The summed E-state index contributed by atoms with van der Waals surface area (Å²) in [4.78, 5) is 64.1. The fourth-order valence-electron chi connectivity index (χ4n) is 8.50. The van der Waals surface area contributed by atoms with Gasteiger partial charge in [0.25, 0.3) is 0 Å². The molecule has 3 aliphatic rings. The molecular formula is C43H51N9O5. The number of benzene rings is 2. The molecule has 14 heteroatoms. The Balaban J connectivity index is 0.810. The molecule has 3 fully saturated rings. The van der Waals surface area contributed by atoms with Crippen LogP contribution in [0, 0.1) is 0 Å². The lowest BCUT2D eigenvalue weighted by Crippen LogP contribution is -2.44. The van der Waals surface area contributed by atoms with Crippen molar-refractivity contribution in [1.29, 1.82) is 0 Å². The fourth-order valence-corrected chi connectivity index (χ4v) is 8.50. The number of piperidine rings is 1. The van der Waals surface area contributed by atoms with Gasteiger partial charge in [-0.25, -0.2) is 9.78 Å². The van der Waals surface area contributed by atoms with E-state index in [1.807, 2.05) is 36.5 Å². The largest absolute Gasteiger partial charge is 0.507 e. The molecule has 2 aromatic carbocycles. The van der Waals surface area contributed by atoms with Crippen molar-refractivity contribution in [2.75, 3.05) is 18.0 Å². The first-order valence-electron chi connectivity index (χ1n) is 20.0. The predicted octanol–water partition coefficient (Wildman–Crippen LogP) is 4.94. The standard InChI is InChI=1S/C43H51N9O5/c1-49-41-29(13-10-17-35(41)52(43(49)57)36-20-21-40(55)47-42(36)56)12-6-4-2-3-5-7-14-31(48-44)26-45-25-30-15-11-19-39(46-30)51-28-32-24-33(51)27-50(32)23-22-38(54)34-16-8-9-18-37(34)53/h8-11,13,15-19,22-23,26,32-33,36,53H,2-7,12,14,20-21,24-25,27-28,44H2,1H3,(H,47,55,56)/b23-22+,45-26?,48-31-/t32-,33-,36?/m1/s1. The molecule has 298 valence electrons. The van der Waals surface area contributed by atoms with Crippen LogP contribution in [0.5, 0.6) is 5.75 Å². The van der Waals surface area contributed by atoms with Gasteiger partial charge in [-0.15, -0.1) is 0 Å². The normalized spacial score (nSPS) is 19.8. The first-order valence-corrected chi connectivity index (χ1v) is 20.0. The number of likely N-dealkylation sites (tertiary alicyclic amines) is 1. The molecule has 4 N–H and O–H groups in total. The third-order valence-corrected chi connectivity index (χ3v) is 11.5. The number of allylic oxidation sites excluding steroid dienone is 1. The number of rotatable bonds is 17. The Labute approximate surface area is 331 Å². The molecule has 3 aliphatic heterocycles. The number of hydrogen-bond acceptors (Lipinski definition) is 11. The smallest absolute Gasteiger partial charge is 0.329 e. The highest BCUT2D eigenvalue weighted by atomic mass is 16.3. The van der Waals surface area contributed by atoms with Gasteiger partial charge in [0, 0.05) is 57.1 Å². The second-order valence-corrected chi connectivity index (χ2v) is 15.3. The lowest BCUT2D eigenvalue weighted by Gasteiger charge is -2.34. The number of aryl methyl sites for hydroxylation is 2. The number of unbranched alkanes of at least 4 members (excludes halogenated alkanes) is 5. The summed E-state index contributed by atoms with van der Waals surface area (Å²) in [5.41, 5.74) is 4.37. The van der Waals surface area contributed by atoms with Crippen molar-refractivity contribution in [2.24, 2.45) is 23.0 Å². The Bertz CT molecular complexity index is 2270. The molecule has 57 heavy (non-hydrogen) atoms. The number of hydrazone groups is 1. The van der Waals surface area contributed by atoms with Gasteiger partial charge in [0.1, 0.15) is 17.6 Å². The number of carbonyl (C=O) groups is 3. The zero-order valence-electron chi connectivity index (χ0n) is 32.4. The second kappa shape index (κ2) is 17.8. The van der Waals surface area contributed by atoms with E-state index in [2.05, 4.69) is 31.3 Å². The molecule has 14 nitrogen and oxygen atoms in total. The number of para-hydroxylation sites is 2. The van der Waals surface area contributed by atoms with E-state index in [1.54, 1.807) is 46.7 Å². The van der Waals surface area contributed by atoms with Gasteiger partial charge in [-0.05, 0) is 74.4 Å². The molecule has 3 saturated heterocycles. The van der Waals surface area contributed by atoms with Crippen LogP contribution in [0.3, 0.4) is 0 Å². The maximum Gasteiger partial charge on any atom is 0.329 e. The Morgan fingerprint density at radius 1 is 0.965 bits per heavy atom. The minimum atomic E-state index is -0.683. The van der Waals surface area contributed by atoms with Crippen LogP contribution in [0.25, 0.3) is 11.0 Å². The first-order chi connectivity index (χ1) is 27.7. The number of nitrogens with two attached hydrogens (primary N) is 1. The van der Waals surface area contributed by atoms with Crippen LogP contribution in [0.2, 0.25) is 0 Å². The van der Waals surface area contributed by atoms with Crippen molar-refractivity contribution >= 4 is 46.4 Å². The van der Waals surface area contributed by atoms with E-state index in [9.17, 15) is 24.3 Å². The molecule has 0 saturated carbocycles. The fraction of sp³-hybridized carbons (Fsp3) is 0.419. The van der Waals surface area contributed by atoms with Crippen LogP contribution in [-0.2, 0) is 29.6 Å². The van der Waals surface area contributed by atoms with E-state index in [-0.39, 0.29) is 29.6 Å². The Hall–Kier alpha value is -6.05. The number of nitrogens with one attached hydrogen (secondary N) is 1. The molecule has 2 aromatic heterocycles. The van der Waals surface area contributed by atoms with E-state index in [1.165, 1.54) is 6.07 Å². The second-order valence-electron chi connectivity index (χ2n) is 15.3. The number of anilines is 1. The predicted molar refractivity (Wildman–Crippen MR) is 221 cm³/mol. The van der Waals surface area contributed by atoms with Crippen LogP contribution >= 0.6 is 0 Å². The number of imidazole rings is 1. The van der Waals surface area contributed by atoms with Crippen LogP contribution in [0.15, 0.2) is 87.8 Å². The average Bonchev–Trinajstić information content (AvgIpc) is 3.89. The number of aromatic hydroxyl groups is 1. The number of pyridine rings is 1. The lowest BCUT2D eigenvalue weighted by atomic mass is 10.0. The number of phenols is 1. The van der Waals surface area contributed by atoms with Crippen LogP contribution < -0.4 is 21.7 Å². The number of carbonyl (C=O) groups excluding carboxylic acids is 3. The number of aliphatic imine (C=N–C) groups is 1. The molecule has 0 spiro atoms. The number of amides is 2. The first kappa shape index (κ1) is 39.2. The van der Waals surface area contributed by atoms with Gasteiger partial charge in [-0.1, -0.05) is 56.0 Å². The Morgan fingerprint density at radius 3 is 2.53 bits per heavy atom. The minimum Gasteiger partial charge on any atom is -0.507 e. The molecule has 7 rings (SSSR count). The molecule has 2 bridgehead atoms. The van der Waals surface area contributed by atoms with Gasteiger partial charge >= 0.3 is 5.69 Å². The molecule has 0 radical (unpaired) electrons. The number of nitrogens with zero attached hydrogens (tertiary/aromatic N) is 7. The number of piperazine rings is 1. The quantitative estimate of drug-likeness (QED) is 0.0255. The summed E-state index contributed by atoms with van der Waals surface area (Å²) in [6.45, 7) is 2.06. The van der Waals surface area contributed by atoms with Gasteiger partial charge < -0.3 is 20.7 Å². The lowest BCUT2D eigenvalue weighted by molar-refractivity contribution is -0.135. The van der Waals surface area contributed by atoms with E-state index >= 15 is 0 Å². The summed E-state index contributed by atoms with van der Waals surface area (Å²) in [6, 6.07) is 18.4. The van der Waals surface area contributed by atoms with Crippen LogP contribution in [0.1, 0.15) is 91.9 Å². The van der Waals surface area contributed by atoms with Crippen molar-refractivity contribution in [3.8, 4) is 5.75 Å². The van der Waals surface area contributed by atoms with Crippen molar-refractivity contribution < 1.29 is 19.5 Å². The third-order valence-electron chi connectivity index (χ3n) is 11.5. The molecule has 5 heterocycles. The van der Waals surface area contributed by atoms with Crippen molar-refractivity contribution in [3.05, 3.63) is 100 Å². The van der Waals surface area contributed by atoms with Crippen LogP contribution in [0.4, 0.5) is 5.82 Å². The summed E-state index contributed by atoms with van der Waals surface area (Å²) >= 11 is 0.